The Kier molecular flexibility index (Phi) is 2.42. The maximum Gasteiger partial charge on any atom is 0.256 e. The lowest BCUT2D eigenvalue weighted by Crippen LogP contribution is -2.11. The van der Waals surface area contributed by atoms with Crippen LogP contribution < -0.4 is 5.32 Å². The summed E-state index contributed by atoms with van der Waals surface area (Å²) in [7, 11) is 0. The fraction of sp³-hybridized carbons (Fsp3) is 0. The fourth-order valence-electron chi connectivity index (χ4n) is 1.82. The quantitative estimate of drug-likeness (QED) is 0.710. The Balaban J connectivity index is 1.98. The molecule has 0 unspecified atom stereocenters. The van der Waals surface area contributed by atoms with Crippen molar-refractivity contribution < 1.29 is 4.79 Å². The molecule has 3 rings (SSSR count). The van der Waals surface area contributed by atoms with E-state index in [4.69, 9.17) is 0 Å². The molecule has 0 aliphatic rings. The number of benzene rings is 1. The van der Waals surface area contributed by atoms with E-state index in [2.05, 4.69) is 10.3 Å². The first-order valence-corrected chi connectivity index (χ1v) is 6.18. The average molecular weight is 242 g/mol. The van der Waals surface area contributed by atoms with Crippen LogP contribution in [0.3, 0.4) is 0 Å². The van der Waals surface area contributed by atoms with Gasteiger partial charge in [0.1, 0.15) is 0 Å². The summed E-state index contributed by atoms with van der Waals surface area (Å²) in [6, 6.07) is 9.47. The molecule has 0 radical (unpaired) electrons. The van der Waals surface area contributed by atoms with Gasteiger partial charge in [-0.3, -0.25) is 4.79 Å². The predicted octanol–water partition coefficient (Wildman–Crippen LogP) is 3.48. The molecule has 4 heteroatoms. The van der Waals surface area contributed by atoms with E-state index in [0.29, 0.717) is 5.56 Å². The summed E-state index contributed by atoms with van der Waals surface area (Å²) in [5.74, 6) is -0.0754. The molecule has 0 fully saturated rings. The topological polar surface area (TPSA) is 44.9 Å². The number of nitrogens with one attached hydrogen (secondary N) is 2. The Morgan fingerprint density at radius 2 is 2.18 bits per heavy atom. The molecule has 0 atom stereocenters. The van der Waals surface area contributed by atoms with Gasteiger partial charge in [0, 0.05) is 28.0 Å². The summed E-state index contributed by atoms with van der Waals surface area (Å²) >= 11 is 1.56. The van der Waals surface area contributed by atoms with Gasteiger partial charge in [0.2, 0.25) is 0 Å². The lowest BCUT2D eigenvalue weighted by Gasteiger charge is -2.04. The van der Waals surface area contributed by atoms with Gasteiger partial charge in [-0.2, -0.15) is 11.3 Å². The van der Waals surface area contributed by atoms with Crippen molar-refractivity contribution >= 4 is 33.8 Å². The van der Waals surface area contributed by atoms with E-state index < -0.39 is 0 Å². The van der Waals surface area contributed by atoms with E-state index in [1.54, 1.807) is 11.3 Å². The zero-order valence-corrected chi connectivity index (χ0v) is 9.75. The predicted molar refractivity (Wildman–Crippen MR) is 70.6 cm³/mol. The summed E-state index contributed by atoms with van der Waals surface area (Å²) in [6.07, 6.45) is 1.84. The van der Waals surface area contributed by atoms with E-state index in [-0.39, 0.29) is 5.91 Å². The second kappa shape index (κ2) is 4.07. The second-order valence-electron chi connectivity index (χ2n) is 3.71. The second-order valence-corrected chi connectivity index (χ2v) is 4.49. The van der Waals surface area contributed by atoms with Crippen molar-refractivity contribution in [3.63, 3.8) is 0 Å². The molecule has 1 aromatic carbocycles. The van der Waals surface area contributed by atoms with Crippen molar-refractivity contribution in [2.45, 2.75) is 0 Å². The first kappa shape index (κ1) is 10.1. The van der Waals surface area contributed by atoms with Gasteiger partial charge in [0.05, 0.1) is 5.69 Å². The zero-order valence-electron chi connectivity index (χ0n) is 8.94. The van der Waals surface area contributed by atoms with E-state index in [1.165, 1.54) is 0 Å². The van der Waals surface area contributed by atoms with Gasteiger partial charge in [-0.05, 0) is 29.6 Å². The number of H-pyrrole nitrogens is 1. The van der Waals surface area contributed by atoms with E-state index in [9.17, 15) is 4.79 Å². The van der Waals surface area contributed by atoms with Crippen LogP contribution in [0.15, 0.2) is 47.3 Å². The minimum atomic E-state index is -0.0754. The summed E-state index contributed by atoms with van der Waals surface area (Å²) in [4.78, 5) is 15.2. The fourth-order valence-corrected chi connectivity index (χ4v) is 2.41. The molecule has 2 heterocycles. The van der Waals surface area contributed by atoms with Gasteiger partial charge in [-0.25, -0.2) is 0 Å². The van der Waals surface area contributed by atoms with E-state index >= 15 is 0 Å². The number of thiophene rings is 1. The monoisotopic (exact) mass is 242 g/mol. The van der Waals surface area contributed by atoms with Gasteiger partial charge < -0.3 is 10.3 Å². The molecule has 17 heavy (non-hydrogen) atoms. The maximum atomic E-state index is 12.1. The van der Waals surface area contributed by atoms with Gasteiger partial charge >= 0.3 is 0 Å². The molecule has 0 bridgehead atoms. The smallest absolute Gasteiger partial charge is 0.256 e. The van der Waals surface area contributed by atoms with Crippen LogP contribution in [-0.4, -0.2) is 10.9 Å². The molecule has 3 nitrogen and oxygen atoms in total. The molecular weight excluding hydrogens is 232 g/mol. The highest BCUT2D eigenvalue weighted by Crippen LogP contribution is 2.19. The number of carbonyl (C=O) groups excluding carboxylic acids is 1. The number of aromatic nitrogens is 1. The maximum absolute atomic E-state index is 12.1. The van der Waals surface area contributed by atoms with Crippen molar-refractivity contribution in [3.8, 4) is 0 Å². The third kappa shape index (κ3) is 1.83. The number of anilines is 1. The molecule has 2 N–H and O–H groups in total. The Morgan fingerprint density at radius 1 is 1.24 bits per heavy atom. The van der Waals surface area contributed by atoms with Gasteiger partial charge in [-0.1, -0.05) is 6.07 Å². The third-order valence-electron chi connectivity index (χ3n) is 2.62. The standard InChI is InChI=1S/C13H10N2OS/c16-13(15-9-5-7-17-8-9)11-2-1-3-12-10(11)4-6-14-12/h1-8,14H,(H,15,16). The SMILES string of the molecule is O=C(Nc1ccsc1)c1cccc2[nH]ccc12. The number of rotatable bonds is 2. The largest absolute Gasteiger partial charge is 0.361 e. The van der Waals surface area contributed by atoms with Gasteiger partial charge in [-0.15, -0.1) is 0 Å². The molecule has 0 saturated carbocycles. The van der Waals surface area contributed by atoms with E-state index in [0.717, 1.165) is 16.6 Å². The number of carbonyl (C=O) groups is 1. The van der Waals surface area contributed by atoms with Crippen molar-refractivity contribution in [2.75, 3.05) is 5.32 Å². The summed E-state index contributed by atoms with van der Waals surface area (Å²) in [5.41, 5.74) is 2.51. The van der Waals surface area contributed by atoms with Crippen LogP contribution in [0.4, 0.5) is 5.69 Å². The lowest BCUT2D eigenvalue weighted by molar-refractivity contribution is 0.102. The van der Waals surface area contributed by atoms with Crippen LogP contribution in [0.5, 0.6) is 0 Å². The van der Waals surface area contributed by atoms with Crippen LogP contribution >= 0.6 is 11.3 Å². The number of hydrogen-bond donors (Lipinski definition) is 2. The zero-order chi connectivity index (χ0) is 11.7. The minimum Gasteiger partial charge on any atom is -0.361 e. The van der Waals surface area contributed by atoms with Crippen LogP contribution in [0, 0.1) is 0 Å². The number of aromatic amines is 1. The number of amides is 1. The normalized spacial score (nSPS) is 10.6. The van der Waals surface area contributed by atoms with Crippen molar-refractivity contribution in [3.05, 3.63) is 52.9 Å². The van der Waals surface area contributed by atoms with Crippen LogP contribution in [0.2, 0.25) is 0 Å². The Hall–Kier alpha value is -2.07. The Labute approximate surface area is 102 Å². The van der Waals surface area contributed by atoms with Crippen molar-refractivity contribution in [2.24, 2.45) is 0 Å². The first-order valence-electron chi connectivity index (χ1n) is 5.24. The molecule has 2 aromatic heterocycles. The summed E-state index contributed by atoms with van der Waals surface area (Å²) < 4.78 is 0. The number of hydrogen-bond acceptors (Lipinski definition) is 2. The summed E-state index contributed by atoms with van der Waals surface area (Å²) in [6.45, 7) is 0. The molecule has 0 aliphatic carbocycles. The molecule has 0 spiro atoms. The third-order valence-corrected chi connectivity index (χ3v) is 3.30. The lowest BCUT2D eigenvalue weighted by atomic mass is 10.1. The molecular formula is C13H10N2OS. The Morgan fingerprint density at radius 3 is 3.00 bits per heavy atom. The molecule has 0 aliphatic heterocycles. The highest BCUT2D eigenvalue weighted by atomic mass is 32.1. The van der Waals surface area contributed by atoms with Gasteiger partial charge in [0.15, 0.2) is 0 Å². The average Bonchev–Trinajstić information content (AvgIpc) is 2.97. The first-order chi connectivity index (χ1) is 8.34. The highest BCUT2D eigenvalue weighted by molar-refractivity contribution is 7.08. The molecule has 0 saturated heterocycles. The summed E-state index contributed by atoms with van der Waals surface area (Å²) in [5, 5.41) is 7.67. The van der Waals surface area contributed by atoms with Crippen LogP contribution in [0.1, 0.15) is 10.4 Å². The molecule has 1 amide bonds. The van der Waals surface area contributed by atoms with Gasteiger partial charge in [0.25, 0.3) is 5.91 Å². The van der Waals surface area contributed by atoms with Crippen LogP contribution in [-0.2, 0) is 0 Å². The van der Waals surface area contributed by atoms with Crippen molar-refractivity contribution in [1.29, 1.82) is 0 Å². The minimum absolute atomic E-state index is 0.0754. The molecule has 84 valence electrons. The molecule has 3 aromatic rings. The number of fused-ring (bicyclic) bond motifs is 1. The van der Waals surface area contributed by atoms with E-state index in [1.807, 2.05) is 47.3 Å². The highest BCUT2D eigenvalue weighted by Gasteiger charge is 2.10. The Bertz CT molecular complexity index is 655. The van der Waals surface area contributed by atoms with Crippen LogP contribution in [0.25, 0.3) is 10.9 Å². The van der Waals surface area contributed by atoms with Crippen molar-refractivity contribution in [1.82, 2.24) is 4.98 Å².